The van der Waals surface area contributed by atoms with E-state index >= 15 is 0 Å². The van der Waals surface area contributed by atoms with Crippen molar-refractivity contribution in [2.45, 2.75) is 32.4 Å². The van der Waals surface area contributed by atoms with Crippen LogP contribution in [0.4, 0.5) is 4.39 Å². The zero-order valence-electron chi connectivity index (χ0n) is 9.50. The molecular formula is C12H17BrFNO. The lowest BCUT2D eigenvalue weighted by Crippen LogP contribution is -2.28. The molecular weight excluding hydrogens is 273 g/mol. The van der Waals surface area contributed by atoms with Gasteiger partial charge in [-0.15, -0.1) is 0 Å². The van der Waals surface area contributed by atoms with Crippen molar-refractivity contribution in [1.29, 1.82) is 0 Å². The Morgan fingerprint density at radius 1 is 1.44 bits per heavy atom. The van der Waals surface area contributed by atoms with Crippen molar-refractivity contribution in [1.82, 2.24) is 5.32 Å². The van der Waals surface area contributed by atoms with E-state index in [4.69, 9.17) is 0 Å². The summed E-state index contributed by atoms with van der Waals surface area (Å²) in [7, 11) is 0. The Balaban J connectivity index is 2.78. The Labute approximate surface area is 104 Å². The minimum atomic E-state index is -0.397. The molecule has 0 fully saturated rings. The highest BCUT2D eigenvalue weighted by atomic mass is 79.9. The van der Waals surface area contributed by atoms with Crippen LogP contribution in [0.15, 0.2) is 22.7 Å². The van der Waals surface area contributed by atoms with Gasteiger partial charge in [-0.05, 0) is 37.1 Å². The van der Waals surface area contributed by atoms with Crippen molar-refractivity contribution in [3.8, 4) is 0 Å². The third-order valence-electron chi connectivity index (χ3n) is 2.36. The van der Waals surface area contributed by atoms with Gasteiger partial charge in [0.25, 0.3) is 0 Å². The second-order valence-electron chi connectivity index (χ2n) is 3.92. The van der Waals surface area contributed by atoms with E-state index in [-0.39, 0.29) is 11.9 Å². The van der Waals surface area contributed by atoms with Gasteiger partial charge in [-0.1, -0.05) is 22.9 Å². The van der Waals surface area contributed by atoms with E-state index < -0.39 is 6.10 Å². The molecule has 90 valence electrons. The van der Waals surface area contributed by atoms with Crippen LogP contribution < -0.4 is 5.32 Å². The molecule has 0 saturated heterocycles. The molecule has 0 bridgehead atoms. The van der Waals surface area contributed by atoms with Crippen LogP contribution in [0.25, 0.3) is 0 Å². The lowest BCUT2D eigenvalue weighted by atomic mass is 10.0. The zero-order valence-corrected chi connectivity index (χ0v) is 11.1. The molecule has 0 heterocycles. The molecule has 0 saturated carbocycles. The maximum atomic E-state index is 13.2. The van der Waals surface area contributed by atoms with E-state index in [0.29, 0.717) is 6.54 Å². The number of benzene rings is 1. The highest BCUT2D eigenvalue weighted by Gasteiger charge is 2.11. The average Bonchev–Trinajstić information content (AvgIpc) is 2.16. The third kappa shape index (κ3) is 4.20. The van der Waals surface area contributed by atoms with Gasteiger partial charge in [-0.3, -0.25) is 0 Å². The molecule has 16 heavy (non-hydrogen) atoms. The summed E-state index contributed by atoms with van der Waals surface area (Å²) in [5.41, 5.74) is 0.898. The van der Waals surface area contributed by atoms with Gasteiger partial charge in [0.2, 0.25) is 0 Å². The summed E-state index contributed by atoms with van der Waals surface area (Å²) in [6, 6.07) is 4.92. The molecule has 2 nitrogen and oxygen atoms in total. The summed E-state index contributed by atoms with van der Waals surface area (Å²) in [5.74, 6) is -0.248. The van der Waals surface area contributed by atoms with E-state index in [1.165, 1.54) is 12.1 Å². The highest BCUT2D eigenvalue weighted by molar-refractivity contribution is 9.10. The van der Waals surface area contributed by atoms with Crippen LogP contribution in [-0.2, 0) is 0 Å². The second kappa shape index (κ2) is 6.33. The highest BCUT2D eigenvalue weighted by Crippen LogP contribution is 2.22. The third-order valence-corrected chi connectivity index (χ3v) is 2.81. The number of halogens is 2. The molecule has 0 aliphatic carbocycles. The predicted molar refractivity (Wildman–Crippen MR) is 66.8 cm³/mol. The first-order valence-electron chi connectivity index (χ1n) is 5.40. The van der Waals surface area contributed by atoms with Crippen molar-refractivity contribution in [2.75, 3.05) is 6.54 Å². The largest absolute Gasteiger partial charge is 0.392 e. The summed E-state index contributed by atoms with van der Waals surface area (Å²) in [6.07, 6.45) is 0.453. The molecule has 0 aliphatic rings. The maximum absolute atomic E-state index is 13.2. The lowest BCUT2D eigenvalue weighted by molar-refractivity contribution is 0.185. The summed E-state index contributed by atoms with van der Waals surface area (Å²) in [4.78, 5) is 0. The number of hydrogen-bond donors (Lipinski definition) is 2. The number of aliphatic hydroxyl groups excluding tert-OH is 1. The number of rotatable bonds is 5. The second-order valence-corrected chi connectivity index (χ2v) is 4.84. The van der Waals surface area contributed by atoms with Crippen LogP contribution in [0, 0.1) is 5.82 Å². The van der Waals surface area contributed by atoms with Gasteiger partial charge >= 0.3 is 0 Å². The van der Waals surface area contributed by atoms with Crippen LogP contribution >= 0.6 is 15.9 Å². The molecule has 0 radical (unpaired) electrons. The fourth-order valence-corrected chi connectivity index (χ4v) is 2.07. The van der Waals surface area contributed by atoms with Crippen molar-refractivity contribution in [3.05, 3.63) is 34.1 Å². The zero-order chi connectivity index (χ0) is 12.1. The minimum absolute atomic E-state index is 0.0709. The molecule has 1 aromatic rings. The van der Waals surface area contributed by atoms with Crippen LogP contribution in [0.1, 0.15) is 31.9 Å². The summed E-state index contributed by atoms with van der Waals surface area (Å²) in [6.45, 7) is 4.26. The maximum Gasteiger partial charge on any atom is 0.124 e. The van der Waals surface area contributed by atoms with Gasteiger partial charge in [0, 0.05) is 17.1 Å². The Morgan fingerprint density at radius 3 is 2.62 bits per heavy atom. The monoisotopic (exact) mass is 289 g/mol. The summed E-state index contributed by atoms with van der Waals surface area (Å²) < 4.78 is 14.0. The van der Waals surface area contributed by atoms with Crippen molar-refractivity contribution in [2.24, 2.45) is 0 Å². The molecule has 4 heteroatoms. The molecule has 0 aliphatic heterocycles. The Kier molecular flexibility index (Phi) is 5.38. The van der Waals surface area contributed by atoms with Crippen LogP contribution in [-0.4, -0.2) is 17.8 Å². The normalized spacial score (nSPS) is 14.8. The van der Waals surface area contributed by atoms with Gasteiger partial charge < -0.3 is 10.4 Å². The van der Waals surface area contributed by atoms with E-state index in [2.05, 4.69) is 21.2 Å². The van der Waals surface area contributed by atoms with E-state index in [9.17, 15) is 9.50 Å². The average molecular weight is 290 g/mol. The molecule has 1 rings (SSSR count). The molecule has 0 amide bonds. The van der Waals surface area contributed by atoms with Crippen LogP contribution in [0.2, 0.25) is 0 Å². The summed E-state index contributed by atoms with van der Waals surface area (Å²) in [5, 5.41) is 12.4. The van der Waals surface area contributed by atoms with Gasteiger partial charge in [-0.25, -0.2) is 4.39 Å². The van der Waals surface area contributed by atoms with E-state index in [1.54, 1.807) is 6.92 Å². The van der Waals surface area contributed by atoms with Gasteiger partial charge in [-0.2, -0.15) is 0 Å². The van der Waals surface area contributed by atoms with Gasteiger partial charge in [0.05, 0.1) is 6.10 Å². The number of aliphatic hydroxyl groups is 1. The Morgan fingerprint density at radius 2 is 2.12 bits per heavy atom. The fraction of sp³-hybridized carbons (Fsp3) is 0.500. The van der Waals surface area contributed by atoms with E-state index in [0.717, 1.165) is 16.5 Å². The quantitative estimate of drug-likeness (QED) is 0.873. The predicted octanol–water partition coefficient (Wildman–Crippen LogP) is 3.01. The van der Waals surface area contributed by atoms with Crippen molar-refractivity contribution >= 4 is 15.9 Å². The minimum Gasteiger partial charge on any atom is -0.392 e. The number of nitrogens with one attached hydrogen (secondary N) is 1. The Hall–Kier alpha value is -0.450. The first kappa shape index (κ1) is 13.6. The van der Waals surface area contributed by atoms with Gasteiger partial charge in [0.15, 0.2) is 0 Å². The standard InChI is InChI=1S/C12H17BrFNO/c1-3-12(15-7-8(2)16)9-4-10(13)6-11(14)5-9/h4-6,8,12,15-16H,3,7H2,1-2H3/t8-,12?/m1/s1. The van der Waals surface area contributed by atoms with Crippen LogP contribution in [0.3, 0.4) is 0 Å². The lowest BCUT2D eigenvalue weighted by Gasteiger charge is -2.18. The first-order valence-corrected chi connectivity index (χ1v) is 6.19. The number of hydrogen-bond acceptors (Lipinski definition) is 2. The van der Waals surface area contributed by atoms with Gasteiger partial charge in [0.1, 0.15) is 5.82 Å². The molecule has 1 unspecified atom stereocenters. The topological polar surface area (TPSA) is 32.3 Å². The Bertz CT molecular complexity index is 324. The molecule has 0 aromatic heterocycles. The van der Waals surface area contributed by atoms with Crippen LogP contribution in [0.5, 0.6) is 0 Å². The molecule has 2 atom stereocenters. The fourth-order valence-electron chi connectivity index (χ4n) is 1.59. The molecule has 0 spiro atoms. The first-order chi connectivity index (χ1) is 7.52. The SMILES string of the molecule is CCC(NC[C@@H](C)O)c1cc(F)cc(Br)c1. The molecule has 2 N–H and O–H groups in total. The smallest absolute Gasteiger partial charge is 0.124 e. The van der Waals surface area contributed by atoms with Crippen molar-refractivity contribution in [3.63, 3.8) is 0 Å². The molecule has 1 aromatic carbocycles. The summed E-state index contributed by atoms with van der Waals surface area (Å²) >= 11 is 3.27. The van der Waals surface area contributed by atoms with Crippen molar-refractivity contribution < 1.29 is 9.50 Å². The van der Waals surface area contributed by atoms with E-state index in [1.807, 2.05) is 13.0 Å².